The van der Waals surface area contributed by atoms with E-state index in [1.54, 1.807) is 0 Å². The lowest BCUT2D eigenvalue weighted by Crippen LogP contribution is -2.23. The van der Waals surface area contributed by atoms with Crippen molar-refractivity contribution in [3.8, 4) is 0 Å². The van der Waals surface area contributed by atoms with Crippen molar-refractivity contribution in [3.05, 3.63) is 24.0 Å². The van der Waals surface area contributed by atoms with Gasteiger partial charge in [0, 0.05) is 19.6 Å². The van der Waals surface area contributed by atoms with Crippen LogP contribution < -0.4 is 10.6 Å². The van der Waals surface area contributed by atoms with Crippen LogP contribution in [-0.2, 0) is 0 Å². The van der Waals surface area contributed by atoms with Gasteiger partial charge in [0.05, 0.1) is 17.6 Å². The van der Waals surface area contributed by atoms with Gasteiger partial charge in [0.25, 0.3) is 0 Å². The molecule has 0 amide bonds. The third kappa shape index (κ3) is 4.00. The Kier molecular flexibility index (Phi) is 5.42. The van der Waals surface area contributed by atoms with E-state index in [0.29, 0.717) is 5.92 Å². The molecule has 0 radical (unpaired) electrons. The van der Waals surface area contributed by atoms with Crippen LogP contribution in [0.4, 0.5) is 5.69 Å². The third-order valence-electron chi connectivity index (χ3n) is 3.31. The van der Waals surface area contributed by atoms with Gasteiger partial charge < -0.3 is 10.6 Å². The monoisotopic (exact) mass is 235 g/mol. The minimum absolute atomic E-state index is 0.0592. The number of hydrogen-bond acceptors (Lipinski definition) is 3. The van der Waals surface area contributed by atoms with Crippen molar-refractivity contribution in [1.29, 1.82) is 0 Å². The fraction of sp³-hybridized carbons (Fsp3) is 0.643. The molecule has 0 bridgehead atoms. The largest absolute Gasteiger partial charge is 0.373 e. The van der Waals surface area contributed by atoms with E-state index in [9.17, 15) is 0 Å². The van der Waals surface area contributed by atoms with E-state index in [1.807, 2.05) is 12.3 Å². The first-order valence-electron chi connectivity index (χ1n) is 6.51. The smallest absolute Gasteiger partial charge is 0.0572 e. The zero-order valence-electron chi connectivity index (χ0n) is 11.5. The zero-order valence-corrected chi connectivity index (χ0v) is 11.5. The molecular weight excluding hydrogens is 210 g/mol. The molecule has 0 aliphatic rings. The van der Waals surface area contributed by atoms with Gasteiger partial charge in [-0.05, 0) is 24.5 Å². The highest BCUT2D eigenvalue weighted by molar-refractivity contribution is 5.43. The van der Waals surface area contributed by atoms with Gasteiger partial charge in [-0.1, -0.05) is 27.2 Å². The molecule has 17 heavy (non-hydrogen) atoms. The van der Waals surface area contributed by atoms with Crippen LogP contribution in [0.5, 0.6) is 0 Å². The molecule has 1 heterocycles. The number of nitrogens with two attached hydrogens (primary N) is 1. The molecule has 0 saturated carbocycles. The van der Waals surface area contributed by atoms with E-state index >= 15 is 0 Å². The maximum Gasteiger partial charge on any atom is 0.0572 e. The van der Waals surface area contributed by atoms with E-state index in [4.69, 9.17) is 5.73 Å². The van der Waals surface area contributed by atoms with Crippen molar-refractivity contribution in [2.24, 2.45) is 11.7 Å². The van der Waals surface area contributed by atoms with Gasteiger partial charge in [-0.15, -0.1) is 0 Å². The first kappa shape index (κ1) is 14.0. The summed E-state index contributed by atoms with van der Waals surface area (Å²) >= 11 is 0. The minimum atomic E-state index is 0.0592. The number of hydrogen-bond donors (Lipinski definition) is 1. The minimum Gasteiger partial charge on any atom is -0.373 e. The first-order valence-corrected chi connectivity index (χ1v) is 6.51. The van der Waals surface area contributed by atoms with E-state index in [1.165, 1.54) is 6.42 Å². The van der Waals surface area contributed by atoms with Gasteiger partial charge in [-0.3, -0.25) is 4.98 Å². The topological polar surface area (TPSA) is 42.1 Å². The summed E-state index contributed by atoms with van der Waals surface area (Å²) in [6, 6.07) is 4.21. The molecule has 1 unspecified atom stereocenters. The molecule has 0 aromatic carbocycles. The normalized spacial score (nSPS) is 14.4. The van der Waals surface area contributed by atoms with Crippen LogP contribution in [0.15, 0.2) is 18.3 Å². The second-order valence-electron chi connectivity index (χ2n) is 4.85. The fourth-order valence-corrected chi connectivity index (χ4v) is 1.75. The van der Waals surface area contributed by atoms with Crippen LogP contribution in [0.25, 0.3) is 0 Å². The van der Waals surface area contributed by atoms with Crippen LogP contribution in [0.3, 0.4) is 0 Å². The zero-order chi connectivity index (χ0) is 12.8. The van der Waals surface area contributed by atoms with E-state index in [2.05, 4.69) is 43.8 Å². The molecule has 0 spiro atoms. The quantitative estimate of drug-likeness (QED) is 0.824. The van der Waals surface area contributed by atoms with Gasteiger partial charge in [0.1, 0.15) is 0 Å². The third-order valence-corrected chi connectivity index (χ3v) is 3.31. The van der Waals surface area contributed by atoms with Gasteiger partial charge in [0.15, 0.2) is 0 Å². The van der Waals surface area contributed by atoms with Gasteiger partial charge in [-0.2, -0.15) is 0 Å². The highest BCUT2D eigenvalue weighted by Gasteiger charge is 2.08. The molecule has 1 aromatic rings. The van der Waals surface area contributed by atoms with E-state index in [-0.39, 0.29) is 6.04 Å². The van der Waals surface area contributed by atoms with Gasteiger partial charge >= 0.3 is 0 Å². The Balaban J connectivity index is 2.66. The summed E-state index contributed by atoms with van der Waals surface area (Å²) in [5, 5.41) is 0. The Bertz CT molecular complexity index is 321. The van der Waals surface area contributed by atoms with Crippen LogP contribution in [0.2, 0.25) is 0 Å². The van der Waals surface area contributed by atoms with Crippen molar-refractivity contribution in [3.63, 3.8) is 0 Å². The maximum absolute atomic E-state index is 5.95. The Morgan fingerprint density at radius 1 is 1.29 bits per heavy atom. The predicted molar refractivity (Wildman–Crippen MR) is 74.2 cm³/mol. The SMILES string of the molecule is CCC(C)CN(C)c1ccc([C@H](N)CC)nc1. The molecule has 1 rings (SSSR count). The summed E-state index contributed by atoms with van der Waals surface area (Å²) in [7, 11) is 2.11. The van der Waals surface area contributed by atoms with Crippen LogP contribution in [0, 0.1) is 5.92 Å². The summed E-state index contributed by atoms with van der Waals surface area (Å²) in [6.45, 7) is 7.64. The van der Waals surface area contributed by atoms with E-state index < -0.39 is 0 Å². The van der Waals surface area contributed by atoms with Crippen molar-refractivity contribution in [2.45, 2.75) is 39.7 Å². The fourth-order valence-electron chi connectivity index (χ4n) is 1.75. The Morgan fingerprint density at radius 3 is 2.47 bits per heavy atom. The highest BCUT2D eigenvalue weighted by atomic mass is 15.1. The molecule has 0 aliphatic carbocycles. The molecule has 2 atom stereocenters. The highest BCUT2D eigenvalue weighted by Crippen LogP contribution is 2.17. The molecule has 0 saturated heterocycles. The Morgan fingerprint density at radius 2 is 2.00 bits per heavy atom. The predicted octanol–water partition coefficient (Wildman–Crippen LogP) is 2.97. The van der Waals surface area contributed by atoms with Gasteiger partial charge in [-0.25, -0.2) is 0 Å². The number of nitrogens with zero attached hydrogens (tertiary/aromatic N) is 2. The van der Waals surface area contributed by atoms with Gasteiger partial charge in [0.2, 0.25) is 0 Å². The lowest BCUT2D eigenvalue weighted by atomic mass is 10.1. The molecule has 1 aromatic heterocycles. The average molecular weight is 235 g/mol. The molecule has 0 fully saturated rings. The Labute approximate surface area is 105 Å². The summed E-state index contributed by atoms with van der Waals surface area (Å²) in [4.78, 5) is 6.69. The van der Waals surface area contributed by atoms with Crippen molar-refractivity contribution in [2.75, 3.05) is 18.5 Å². The first-order chi connectivity index (χ1) is 8.08. The number of aromatic nitrogens is 1. The van der Waals surface area contributed by atoms with E-state index in [0.717, 1.165) is 24.3 Å². The molecule has 0 aliphatic heterocycles. The van der Waals surface area contributed by atoms with Crippen molar-refractivity contribution < 1.29 is 0 Å². The van der Waals surface area contributed by atoms with Crippen LogP contribution >= 0.6 is 0 Å². The summed E-state index contributed by atoms with van der Waals surface area (Å²) < 4.78 is 0. The molecule has 2 N–H and O–H groups in total. The van der Waals surface area contributed by atoms with Crippen LogP contribution in [-0.4, -0.2) is 18.6 Å². The Hall–Kier alpha value is -1.09. The second-order valence-corrected chi connectivity index (χ2v) is 4.85. The second kappa shape index (κ2) is 6.60. The lowest BCUT2D eigenvalue weighted by Gasteiger charge is -2.22. The molecule has 3 nitrogen and oxygen atoms in total. The standard InChI is InChI=1S/C14H25N3/c1-5-11(3)10-17(4)12-7-8-14(16-9-12)13(15)6-2/h7-9,11,13H,5-6,10,15H2,1-4H3/t11?,13-/m1/s1. The number of anilines is 1. The molecule has 96 valence electrons. The number of pyridine rings is 1. The summed E-state index contributed by atoms with van der Waals surface area (Å²) in [5.74, 6) is 0.706. The van der Waals surface area contributed by atoms with Crippen molar-refractivity contribution >= 4 is 5.69 Å². The maximum atomic E-state index is 5.95. The molecule has 3 heteroatoms. The molecular formula is C14H25N3. The van der Waals surface area contributed by atoms with Crippen molar-refractivity contribution in [1.82, 2.24) is 4.98 Å². The summed E-state index contributed by atoms with van der Waals surface area (Å²) in [6.07, 6.45) is 4.05. The lowest BCUT2D eigenvalue weighted by molar-refractivity contribution is 0.559. The number of rotatable bonds is 6. The average Bonchev–Trinajstić information content (AvgIpc) is 2.37. The summed E-state index contributed by atoms with van der Waals surface area (Å²) in [5.41, 5.74) is 8.09. The van der Waals surface area contributed by atoms with Crippen LogP contribution in [0.1, 0.15) is 45.3 Å².